The van der Waals surface area contributed by atoms with Crippen molar-refractivity contribution in [1.82, 2.24) is 10.3 Å². The van der Waals surface area contributed by atoms with Gasteiger partial charge in [0.25, 0.3) is 0 Å². The first kappa shape index (κ1) is 20.5. The number of amides is 2. The Hall–Kier alpha value is -2.21. The Bertz CT molecular complexity index is 779. The predicted molar refractivity (Wildman–Crippen MR) is 114 cm³/mol. The van der Waals surface area contributed by atoms with Gasteiger partial charge in [-0.1, -0.05) is 49.9 Å². The molecule has 3 rings (SSSR count). The summed E-state index contributed by atoms with van der Waals surface area (Å²) in [5.74, 6) is 0.817. The molecule has 5 nitrogen and oxygen atoms in total. The van der Waals surface area contributed by atoms with Gasteiger partial charge in [0.1, 0.15) is 0 Å². The van der Waals surface area contributed by atoms with Gasteiger partial charge in [-0.15, -0.1) is 11.3 Å². The van der Waals surface area contributed by atoms with Gasteiger partial charge in [-0.25, -0.2) is 4.98 Å². The minimum absolute atomic E-state index is 0.0142. The number of carbonyl (C=O) groups excluding carboxylic acids is 2. The fourth-order valence-electron chi connectivity index (χ4n) is 3.68. The lowest BCUT2D eigenvalue weighted by molar-refractivity contribution is -0.119. The third kappa shape index (κ3) is 6.44. The number of thiazole rings is 1. The van der Waals surface area contributed by atoms with E-state index >= 15 is 0 Å². The van der Waals surface area contributed by atoms with Gasteiger partial charge in [0, 0.05) is 30.8 Å². The summed E-state index contributed by atoms with van der Waals surface area (Å²) in [5.41, 5.74) is 3.18. The van der Waals surface area contributed by atoms with Crippen molar-refractivity contribution in [2.45, 2.75) is 58.3 Å². The Morgan fingerprint density at radius 1 is 1.18 bits per heavy atom. The maximum absolute atomic E-state index is 12.2. The van der Waals surface area contributed by atoms with Crippen molar-refractivity contribution in [2.75, 3.05) is 11.9 Å². The zero-order valence-electron chi connectivity index (χ0n) is 16.5. The highest BCUT2D eigenvalue weighted by Crippen LogP contribution is 2.29. The van der Waals surface area contributed by atoms with Crippen LogP contribution in [0.25, 0.3) is 11.3 Å². The smallest absolute Gasteiger partial charge is 0.226 e. The number of nitrogens with zero attached hydrogens (tertiary/aromatic N) is 1. The summed E-state index contributed by atoms with van der Waals surface area (Å²) >= 11 is 1.47. The first-order valence-electron chi connectivity index (χ1n) is 10.2. The standard InChI is InChI=1S/C22H29N3O2S/c1-16(26)23-14-4-7-18-8-11-19(12-9-18)20-15-28-22(24-20)25-21(27)13-10-17-5-2-3-6-17/h8-9,11-12,15,17H,2-7,10,13-14H2,1H3,(H,23,26)(H,24,25,27). The summed E-state index contributed by atoms with van der Waals surface area (Å²) < 4.78 is 0. The molecule has 2 amide bonds. The summed E-state index contributed by atoms with van der Waals surface area (Å²) in [6, 6.07) is 8.33. The average Bonchev–Trinajstić information content (AvgIpc) is 3.36. The van der Waals surface area contributed by atoms with Crippen LogP contribution in [0, 0.1) is 5.92 Å². The zero-order chi connectivity index (χ0) is 19.8. The first-order chi connectivity index (χ1) is 13.6. The summed E-state index contributed by atoms with van der Waals surface area (Å²) in [6.45, 7) is 2.24. The summed E-state index contributed by atoms with van der Waals surface area (Å²) in [5, 5.41) is 8.42. The van der Waals surface area contributed by atoms with E-state index in [0.717, 1.165) is 36.4 Å². The van der Waals surface area contributed by atoms with Crippen LogP contribution in [-0.4, -0.2) is 23.3 Å². The SMILES string of the molecule is CC(=O)NCCCc1ccc(-c2csc(NC(=O)CCC3CCCC3)n2)cc1. The first-order valence-corrected chi connectivity index (χ1v) is 11.1. The fraction of sp³-hybridized carbons (Fsp3) is 0.500. The largest absolute Gasteiger partial charge is 0.356 e. The molecule has 0 radical (unpaired) electrons. The number of anilines is 1. The number of aromatic nitrogens is 1. The molecule has 2 aromatic rings. The normalized spacial score (nSPS) is 14.2. The third-order valence-electron chi connectivity index (χ3n) is 5.27. The van der Waals surface area contributed by atoms with Gasteiger partial charge in [0.05, 0.1) is 5.69 Å². The molecule has 0 unspecified atom stereocenters. The summed E-state index contributed by atoms with van der Waals surface area (Å²) in [4.78, 5) is 27.6. The number of nitrogens with one attached hydrogen (secondary N) is 2. The molecule has 150 valence electrons. The van der Waals surface area contributed by atoms with Crippen LogP contribution in [0.1, 0.15) is 57.4 Å². The minimum atomic E-state index is 0.0142. The van der Waals surface area contributed by atoms with E-state index < -0.39 is 0 Å². The second-order valence-corrected chi connectivity index (χ2v) is 8.42. The van der Waals surface area contributed by atoms with Crippen LogP contribution >= 0.6 is 11.3 Å². The number of hydrogen-bond donors (Lipinski definition) is 2. The molecule has 1 aromatic heterocycles. The van der Waals surface area contributed by atoms with Crippen LogP contribution < -0.4 is 10.6 Å². The maximum atomic E-state index is 12.2. The van der Waals surface area contributed by atoms with Crippen LogP contribution in [0.2, 0.25) is 0 Å². The number of rotatable bonds is 9. The quantitative estimate of drug-likeness (QED) is 0.596. The molecule has 2 N–H and O–H groups in total. The van der Waals surface area contributed by atoms with Crippen molar-refractivity contribution in [3.8, 4) is 11.3 Å². The average molecular weight is 400 g/mol. The Morgan fingerprint density at radius 3 is 2.64 bits per heavy atom. The lowest BCUT2D eigenvalue weighted by Crippen LogP contribution is -2.21. The van der Waals surface area contributed by atoms with Gasteiger partial charge in [-0.3, -0.25) is 9.59 Å². The molecule has 1 heterocycles. The summed E-state index contributed by atoms with van der Waals surface area (Å²) in [6.07, 6.45) is 8.62. The van der Waals surface area contributed by atoms with E-state index in [1.807, 2.05) is 5.38 Å². The molecule has 1 aliphatic rings. The highest BCUT2D eigenvalue weighted by Gasteiger charge is 2.16. The van der Waals surface area contributed by atoms with E-state index in [1.165, 1.54) is 49.5 Å². The number of aryl methyl sites for hydroxylation is 1. The lowest BCUT2D eigenvalue weighted by atomic mass is 10.0. The molecule has 0 bridgehead atoms. The molecule has 6 heteroatoms. The molecule has 28 heavy (non-hydrogen) atoms. The van der Waals surface area contributed by atoms with Gasteiger partial charge >= 0.3 is 0 Å². The molecule has 1 fully saturated rings. The second-order valence-electron chi connectivity index (χ2n) is 7.56. The molecular formula is C22H29N3O2S. The van der Waals surface area contributed by atoms with Gasteiger partial charge in [0.2, 0.25) is 11.8 Å². The Balaban J connectivity index is 1.46. The lowest BCUT2D eigenvalue weighted by Gasteiger charge is -2.07. The molecule has 1 saturated carbocycles. The topological polar surface area (TPSA) is 71.1 Å². The number of carbonyl (C=O) groups is 2. The van der Waals surface area contributed by atoms with Gasteiger partial charge in [0.15, 0.2) is 5.13 Å². The highest BCUT2D eigenvalue weighted by atomic mass is 32.1. The van der Waals surface area contributed by atoms with E-state index in [2.05, 4.69) is 39.9 Å². The maximum Gasteiger partial charge on any atom is 0.226 e. The van der Waals surface area contributed by atoms with Crippen molar-refractivity contribution in [3.63, 3.8) is 0 Å². The van der Waals surface area contributed by atoms with Crippen LogP contribution in [0.5, 0.6) is 0 Å². The Morgan fingerprint density at radius 2 is 1.93 bits per heavy atom. The molecule has 0 spiro atoms. The van der Waals surface area contributed by atoms with Crippen molar-refractivity contribution in [2.24, 2.45) is 5.92 Å². The van der Waals surface area contributed by atoms with Crippen molar-refractivity contribution in [3.05, 3.63) is 35.2 Å². The van der Waals surface area contributed by atoms with E-state index in [-0.39, 0.29) is 11.8 Å². The second kappa shape index (κ2) is 10.4. The number of hydrogen-bond acceptors (Lipinski definition) is 4. The third-order valence-corrected chi connectivity index (χ3v) is 6.03. The van der Waals surface area contributed by atoms with E-state index in [9.17, 15) is 9.59 Å². The van der Waals surface area contributed by atoms with Crippen molar-refractivity contribution < 1.29 is 9.59 Å². The van der Waals surface area contributed by atoms with E-state index in [1.54, 1.807) is 0 Å². The summed E-state index contributed by atoms with van der Waals surface area (Å²) in [7, 11) is 0. The Kier molecular flexibility index (Phi) is 7.60. The molecule has 0 aliphatic heterocycles. The Labute approximate surface area is 171 Å². The van der Waals surface area contributed by atoms with Crippen LogP contribution in [0.15, 0.2) is 29.6 Å². The van der Waals surface area contributed by atoms with E-state index in [4.69, 9.17) is 0 Å². The van der Waals surface area contributed by atoms with Crippen LogP contribution in [0.3, 0.4) is 0 Å². The van der Waals surface area contributed by atoms with Gasteiger partial charge in [-0.2, -0.15) is 0 Å². The van der Waals surface area contributed by atoms with Gasteiger partial charge in [-0.05, 0) is 30.7 Å². The molecule has 1 aliphatic carbocycles. The van der Waals surface area contributed by atoms with Crippen LogP contribution in [0.4, 0.5) is 5.13 Å². The van der Waals surface area contributed by atoms with Crippen LogP contribution in [-0.2, 0) is 16.0 Å². The highest BCUT2D eigenvalue weighted by molar-refractivity contribution is 7.14. The monoisotopic (exact) mass is 399 g/mol. The van der Waals surface area contributed by atoms with Crippen molar-refractivity contribution >= 4 is 28.3 Å². The fourth-order valence-corrected chi connectivity index (χ4v) is 4.41. The molecule has 0 atom stereocenters. The molecule has 0 saturated heterocycles. The molecular weight excluding hydrogens is 370 g/mol. The predicted octanol–water partition coefficient (Wildman–Crippen LogP) is 4.79. The minimum Gasteiger partial charge on any atom is -0.356 e. The van der Waals surface area contributed by atoms with Gasteiger partial charge < -0.3 is 10.6 Å². The van der Waals surface area contributed by atoms with Crippen molar-refractivity contribution in [1.29, 1.82) is 0 Å². The van der Waals surface area contributed by atoms with E-state index in [0.29, 0.717) is 18.1 Å². The zero-order valence-corrected chi connectivity index (χ0v) is 17.3. The number of benzene rings is 1. The molecule has 1 aromatic carbocycles.